The van der Waals surface area contributed by atoms with Crippen molar-refractivity contribution >= 4 is 23.3 Å². The number of nitrogens with zero attached hydrogens (tertiary/aromatic N) is 2. The Morgan fingerprint density at radius 1 is 1.05 bits per heavy atom. The van der Waals surface area contributed by atoms with Crippen LogP contribution in [-0.2, 0) is 0 Å². The van der Waals surface area contributed by atoms with E-state index in [0.717, 1.165) is 5.69 Å². The molecule has 0 aliphatic rings. The first-order valence-corrected chi connectivity index (χ1v) is 5.51. The van der Waals surface area contributed by atoms with Gasteiger partial charge in [0.25, 0.3) is 0 Å². The second kappa shape index (κ2) is 5.30. The van der Waals surface area contributed by atoms with Crippen LogP contribution in [0.5, 0.6) is 11.5 Å². The average molecular weight is 261 g/mol. The number of anilines is 4. The Hall–Kier alpha value is -2.70. The maximum atomic E-state index is 5.61. The highest BCUT2D eigenvalue weighted by atomic mass is 16.5. The summed E-state index contributed by atoms with van der Waals surface area (Å²) in [4.78, 5) is 7.84. The summed E-state index contributed by atoms with van der Waals surface area (Å²) in [7, 11) is 3.16. The van der Waals surface area contributed by atoms with E-state index in [1.54, 1.807) is 32.4 Å². The zero-order valence-electron chi connectivity index (χ0n) is 10.7. The van der Waals surface area contributed by atoms with Crippen molar-refractivity contribution in [3.05, 3.63) is 24.3 Å². The van der Waals surface area contributed by atoms with E-state index in [1.807, 2.05) is 6.07 Å². The van der Waals surface area contributed by atoms with Crippen LogP contribution < -0.4 is 26.3 Å². The summed E-state index contributed by atoms with van der Waals surface area (Å²) in [5.41, 5.74) is 11.9. The van der Waals surface area contributed by atoms with Gasteiger partial charge in [-0.05, 0) is 12.1 Å². The molecule has 0 spiro atoms. The van der Waals surface area contributed by atoms with Gasteiger partial charge in [-0.2, -0.15) is 9.97 Å². The molecule has 1 heterocycles. The summed E-state index contributed by atoms with van der Waals surface area (Å²) in [6.07, 6.45) is 0. The van der Waals surface area contributed by atoms with Gasteiger partial charge in [0.1, 0.15) is 23.1 Å². The summed E-state index contributed by atoms with van der Waals surface area (Å²) in [5.74, 6) is 2.21. The third-order valence-electron chi connectivity index (χ3n) is 2.43. The first kappa shape index (κ1) is 12.7. The lowest BCUT2D eigenvalue weighted by atomic mass is 10.2. The topological polar surface area (TPSA) is 108 Å². The number of ether oxygens (including phenoxy) is 2. The number of benzene rings is 1. The van der Waals surface area contributed by atoms with Crippen molar-refractivity contribution in [2.45, 2.75) is 0 Å². The molecule has 0 saturated carbocycles. The van der Waals surface area contributed by atoms with Crippen LogP contribution >= 0.6 is 0 Å². The molecule has 1 aromatic carbocycles. The molecule has 7 nitrogen and oxygen atoms in total. The molecule has 0 aliphatic heterocycles. The molecule has 7 heteroatoms. The van der Waals surface area contributed by atoms with Crippen molar-refractivity contribution in [2.75, 3.05) is 31.0 Å². The van der Waals surface area contributed by atoms with Crippen molar-refractivity contribution in [3.63, 3.8) is 0 Å². The van der Waals surface area contributed by atoms with Gasteiger partial charge in [0.05, 0.1) is 19.9 Å². The summed E-state index contributed by atoms with van der Waals surface area (Å²) in [6.45, 7) is 0. The Morgan fingerprint density at radius 2 is 1.84 bits per heavy atom. The molecule has 0 radical (unpaired) electrons. The summed E-state index contributed by atoms with van der Waals surface area (Å²) in [6, 6.07) is 6.96. The normalized spacial score (nSPS) is 10.0. The number of hydrogen-bond donors (Lipinski definition) is 3. The summed E-state index contributed by atoms with van der Waals surface area (Å²) < 4.78 is 10.4. The number of aromatic nitrogens is 2. The van der Waals surface area contributed by atoms with Gasteiger partial charge < -0.3 is 26.3 Å². The molecule has 0 atom stereocenters. The molecule has 0 unspecified atom stereocenters. The van der Waals surface area contributed by atoms with E-state index < -0.39 is 0 Å². The third-order valence-corrected chi connectivity index (χ3v) is 2.43. The van der Waals surface area contributed by atoms with Crippen LogP contribution in [0.2, 0.25) is 0 Å². The van der Waals surface area contributed by atoms with Crippen LogP contribution in [0.15, 0.2) is 24.3 Å². The van der Waals surface area contributed by atoms with E-state index in [9.17, 15) is 0 Å². The summed E-state index contributed by atoms with van der Waals surface area (Å²) >= 11 is 0. The third kappa shape index (κ3) is 2.95. The van der Waals surface area contributed by atoms with Crippen LogP contribution in [0.25, 0.3) is 0 Å². The van der Waals surface area contributed by atoms with Gasteiger partial charge in [0.15, 0.2) is 0 Å². The molecule has 5 N–H and O–H groups in total. The number of nitrogen functional groups attached to an aromatic ring is 2. The average Bonchev–Trinajstić information content (AvgIpc) is 2.38. The Kier molecular flexibility index (Phi) is 3.56. The SMILES string of the molecule is COc1ccc(Nc2cc(N)nc(N)n2)c(OC)c1. The van der Waals surface area contributed by atoms with Crippen molar-refractivity contribution in [1.82, 2.24) is 9.97 Å². The first-order valence-electron chi connectivity index (χ1n) is 5.51. The van der Waals surface area contributed by atoms with Gasteiger partial charge in [0, 0.05) is 12.1 Å². The maximum absolute atomic E-state index is 5.61. The van der Waals surface area contributed by atoms with Gasteiger partial charge in [0.2, 0.25) is 5.95 Å². The molecule has 0 amide bonds. The van der Waals surface area contributed by atoms with E-state index in [2.05, 4.69) is 15.3 Å². The molecule has 1 aromatic heterocycles. The highest BCUT2D eigenvalue weighted by Gasteiger charge is 2.07. The molecule has 2 rings (SSSR count). The Bertz CT molecular complexity index is 568. The maximum Gasteiger partial charge on any atom is 0.223 e. The fraction of sp³-hybridized carbons (Fsp3) is 0.167. The number of hydrogen-bond acceptors (Lipinski definition) is 7. The lowest BCUT2D eigenvalue weighted by molar-refractivity contribution is 0.395. The van der Waals surface area contributed by atoms with Gasteiger partial charge >= 0.3 is 0 Å². The minimum atomic E-state index is 0.106. The lowest BCUT2D eigenvalue weighted by Gasteiger charge is -2.12. The van der Waals surface area contributed by atoms with Gasteiger partial charge in [-0.15, -0.1) is 0 Å². The van der Waals surface area contributed by atoms with Crippen molar-refractivity contribution < 1.29 is 9.47 Å². The Morgan fingerprint density at radius 3 is 2.47 bits per heavy atom. The first-order chi connectivity index (χ1) is 9.12. The standard InChI is InChI=1S/C12H15N5O2/c1-18-7-3-4-8(9(5-7)19-2)15-11-6-10(13)16-12(14)17-11/h3-6H,1-2H3,(H5,13,14,15,16,17). The smallest absolute Gasteiger partial charge is 0.223 e. The van der Waals surface area contributed by atoms with E-state index >= 15 is 0 Å². The molecule has 0 aliphatic carbocycles. The fourth-order valence-electron chi connectivity index (χ4n) is 1.59. The van der Waals surface area contributed by atoms with Crippen molar-refractivity contribution in [2.24, 2.45) is 0 Å². The van der Waals surface area contributed by atoms with Crippen LogP contribution in [0.4, 0.5) is 23.3 Å². The monoisotopic (exact) mass is 261 g/mol. The predicted octanol–water partition coefficient (Wildman–Crippen LogP) is 1.40. The summed E-state index contributed by atoms with van der Waals surface area (Å²) in [5, 5.41) is 3.06. The van der Waals surface area contributed by atoms with E-state index in [-0.39, 0.29) is 5.95 Å². The number of methoxy groups -OCH3 is 2. The quantitative estimate of drug-likeness (QED) is 0.763. The molecule has 0 saturated heterocycles. The van der Waals surface area contributed by atoms with Crippen LogP contribution in [0, 0.1) is 0 Å². The largest absolute Gasteiger partial charge is 0.497 e. The van der Waals surface area contributed by atoms with Gasteiger partial charge in [-0.25, -0.2) is 0 Å². The number of rotatable bonds is 4. The van der Waals surface area contributed by atoms with Crippen LogP contribution in [-0.4, -0.2) is 24.2 Å². The Balaban J connectivity index is 2.32. The molecule has 0 fully saturated rings. The second-order valence-corrected chi connectivity index (χ2v) is 3.73. The van der Waals surface area contributed by atoms with Crippen molar-refractivity contribution in [1.29, 1.82) is 0 Å². The zero-order chi connectivity index (χ0) is 13.8. The molecular weight excluding hydrogens is 246 g/mol. The van der Waals surface area contributed by atoms with Gasteiger partial charge in [-0.1, -0.05) is 0 Å². The van der Waals surface area contributed by atoms with E-state index in [0.29, 0.717) is 23.1 Å². The predicted molar refractivity (Wildman–Crippen MR) is 73.7 cm³/mol. The molecule has 0 bridgehead atoms. The second-order valence-electron chi connectivity index (χ2n) is 3.73. The molecule has 19 heavy (non-hydrogen) atoms. The molecule has 2 aromatic rings. The Labute approximate surface area is 110 Å². The lowest BCUT2D eigenvalue weighted by Crippen LogP contribution is -2.03. The minimum absolute atomic E-state index is 0.106. The highest BCUT2D eigenvalue weighted by molar-refractivity contribution is 5.67. The van der Waals surface area contributed by atoms with Crippen LogP contribution in [0.3, 0.4) is 0 Å². The van der Waals surface area contributed by atoms with Crippen LogP contribution in [0.1, 0.15) is 0 Å². The minimum Gasteiger partial charge on any atom is -0.497 e. The zero-order valence-corrected chi connectivity index (χ0v) is 10.7. The van der Waals surface area contributed by atoms with E-state index in [1.165, 1.54) is 0 Å². The van der Waals surface area contributed by atoms with Crippen molar-refractivity contribution in [3.8, 4) is 11.5 Å². The number of nitrogens with two attached hydrogens (primary N) is 2. The fourth-order valence-corrected chi connectivity index (χ4v) is 1.59. The molecule has 100 valence electrons. The highest BCUT2D eigenvalue weighted by Crippen LogP contribution is 2.31. The number of nitrogens with one attached hydrogen (secondary N) is 1. The molecular formula is C12H15N5O2. The van der Waals surface area contributed by atoms with E-state index in [4.69, 9.17) is 20.9 Å². The van der Waals surface area contributed by atoms with Gasteiger partial charge in [-0.3, -0.25) is 0 Å².